The van der Waals surface area contributed by atoms with E-state index < -0.39 is 11.9 Å². The Kier molecular flexibility index (Phi) is 3.90. The third-order valence-electron chi connectivity index (χ3n) is 2.50. The van der Waals surface area contributed by atoms with Crippen molar-refractivity contribution in [3.8, 4) is 0 Å². The van der Waals surface area contributed by atoms with Gasteiger partial charge in [-0.25, -0.2) is 10.2 Å². The Labute approximate surface area is 114 Å². The Bertz CT molecular complexity index is 676. The molecule has 0 bridgehead atoms. The predicted octanol–water partition coefficient (Wildman–Crippen LogP) is 1.18. The molecule has 20 heavy (non-hydrogen) atoms. The number of hydrogen-bond acceptors (Lipinski definition) is 4. The number of benzene rings is 1. The highest BCUT2D eigenvalue weighted by atomic mass is 16.4. The first kappa shape index (κ1) is 13.5. The number of carbonyl (C=O) groups is 2. The molecule has 1 aromatic heterocycles. The Hall–Kier alpha value is -2.96. The minimum absolute atomic E-state index is 0.112. The first-order valence-electron chi connectivity index (χ1n) is 5.75. The number of aryl methyl sites for hydroxylation is 1. The quantitative estimate of drug-likeness (QED) is 0.573. The van der Waals surface area contributed by atoms with Crippen molar-refractivity contribution in [2.24, 2.45) is 5.10 Å². The van der Waals surface area contributed by atoms with E-state index in [4.69, 9.17) is 5.11 Å². The molecular weight excluding hydrogens is 260 g/mol. The molecule has 0 spiro atoms. The van der Waals surface area contributed by atoms with Crippen molar-refractivity contribution in [2.45, 2.75) is 6.92 Å². The zero-order valence-electron chi connectivity index (χ0n) is 10.6. The van der Waals surface area contributed by atoms with Crippen molar-refractivity contribution in [2.75, 3.05) is 0 Å². The molecule has 0 aliphatic heterocycles. The van der Waals surface area contributed by atoms with Crippen molar-refractivity contribution in [1.82, 2.24) is 15.6 Å². The van der Waals surface area contributed by atoms with Gasteiger partial charge in [-0.3, -0.25) is 9.89 Å². The van der Waals surface area contributed by atoms with Gasteiger partial charge >= 0.3 is 5.97 Å². The lowest BCUT2D eigenvalue weighted by Crippen LogP contribution is -2.18. The highest BCUT2D eigenvalue weighted by molar-refractivity contribution is 5.99. The molecule has 0 saturated heterocycles. The van der Waals surface area contributed by atoms with E-state index in [1.54, 1.807) is 31.2 Å². The maximum Gasteiger partial charge on any atom is 0.336 e. The monoisotopic (exact) mass is 272 g/mol. The molecule has 2 rings (SSSR count). The van der Waals surface area contributed by atoms with Gasteiger partial charge in [0, 0.05) is 11.3 Å². The van der Waals surface area contributed by atoms with Crippen LogP contribution in [0.25, 0.3) is 0 Å². The number of aromatic carboxylic acids is 1. The highest BCUT2D eigenvalue weighted by Crippen LogP contribution is 2.05. The molecule has 1 amide bonds. The lowest BCUT2D eigenvalue weighted by molar-refractivity contribution is 0.0696. The standard InChI is InChI=1S/C13H12N4O3/c1-8-6-11(16-15-8)12(18)17-14-7-9-4-2-3-5-10(9)13(19)20/h2-7H,1H3,(H,15,16)(H,17,18)(H,19,20)/b14-7-. The summed E-state index contributed by atoms with van der Waals surface area (Å²) in [5, 5.41) is 19.1. The van der Waals surface area contributed by atoms with E-state index in [-0.39, 0.29) is 11.3 Å². The van der Waals surface area contributed by atoms with E-state index in [1.807, 2.05) is 0 Å². The predicted molar refractivity (Wildman–Crippen MR) is 71.8 cm³/mol. The zero-order chi connectivity index (χ0) is 14.5. The summed E-state index contributed by atoms with van der Waals surface area (Å²) in [6, 6.07) is 7.94. The molecule has 0 atom stereocenters. The number of amides is 1. The van der Waals surface area contributed by atoms with Crippen LogP contribution in [-0.4, -0.2) is 33.4 Å². The third-order valence-corrected chi connectivity index (χ3v) is 2.50. The average Bonchev–Trinajstić information content (AvgIpc) is 2.86. The summed E-state index contributed by atoms with van der Waals surface area (Å²) in [6.07, 6.45) is 1.28. The number of hydrogen-bond donors (Lipinski definition) is 3. The second-order valence-corrected chi connectivity index (χ2v) is 4.03. The Morgan fingerprint density at radius 2 is 2.15 bits per heavy atom. The lowest BCUT2D eigenvalue weighted by atomic mass is 10.1. The van der Waals surface area contributed by atoms with E-state index in [9.17, 15) is 9.59 Å². The summed E-state index contributed by atoms with van der Waals surface area (Å²) in [4.78, 5) is 22.6. The van der Waals surface area contributed by atoms with Gasteiger partial charge in [0.25, 0.3) is 5.91 Å². The van der Waals surface area contributed by atoms with Crippen molar-refractivity contribution < 1.29 is 14.7 Å². The van der Waals surface area contributed by atoms with Crippen LogP contribution < -0.4 is 5.43 Å². The normalized spacial score (nSPS) is 10.7. The second kappa shape index (κ2) is 5.79. The van der Waals surface area contributed by atoms with Gasteiger partial charge in [-0.1, -0.05) is 18.2 Å². The Morgan fingerprint density at radius 1 is 1.40 bits per heavy atom. The summed E-state index contributed by atoms with van der Waals surface area (Å²) >= 11 is 0. The summed E-state index contributed by atoms with van der Waals surface area (Å²) in [5.41, 5.74) is 3.77. The first-order valence-corrected chi connectivity index (χ1v) is 5.75. The van der Waals surface area contributed by atoms with E-state index in [0.29, 0.717) is 5.56 Å². The van der Waals surface area contributed by atoms with Crippen molar-refractivity contribution >= 4 is 18.1 Å². The van der Waals surface area contributed by atoms with Crippen LogP contribution in [0.15, 0.2) is 35.4 Å². The first-order chi connectivity index (χ1) is 9.58. The van der Waals surface area contributed by atoms with E-state index in [0.717, 1.165) is 5.69 Å². The summed E-state index contributed by atoms with van der Waals surface area (Å²) in [6.45, 7) is 1.77. The molecule has 0 unspecified atom stereocenters. The molecule has 7 nitrogen and oxygen atoms in total. The van der Waals surface area contributed by atoms with Crippen molar-refractivity contribution in [3.63, 3.8) is 0 Å². The smallest absolute Gasteiger partial charge is 0.336 e. The van der Waals surface area contributed by atoms with Crippen LogP contribution in [0.2, 0.25) is 0 Å². The number of nitrogens with one attached hydrogen (secondary N) is 2. The molecule has 7 heteroatoms. The number of hydrazone groups is 1. The molecule has 102 valence electrons. The number of aromatic nitrogens is 2. The molecule has 1 heterocycles. The van der Waals surface area contributed by atoms with Crippen LogP contribution in [0.4, 0.5) is 0 Å². The average molecular weight is 272 g/mol. The maximum atomic E-state index is 11.6. The van der Waals surface area contributed by atoms with Gasteiger partial charge in [0.05, 0.1) is 11.8 Å². The van der Waals surface area contributed by atoms with Gasteiger partial charge in [-0.05, 0) is 19.1 Å². The van der Waals surface area contributed by atoms with Crippen molar-refractivity contribution in [3.05, 3.63) is 52.8 Å². The summed E-state index contributed by atoms with van der Waals surface area (Å²) in [7, 11) is 0. The van der Waals surface area contributed by atoms with Crippen LogP contribution in [0.5, 0.6) is 0 Å². The van der Waals surface area contributed by atoms with Crippen molar-refractivity contribution in [1.29, 1.82) is 0 Å². The van der Waals surface area contributed by atoms with Gasteiger partial charge in [-0.2, -0.15) is 10.2 Å². The molecule has 0 aliphatic rings. The number of nitrogens with zero attached hydrogens (tertiary/aromatic N) is 2. The van der Waals surface area contributed by atoms with E-state index in [2.05, 4.69) is 20.7 Å². The van der Waals surface area contributed by atoms with Crippen LogP contribution in [-0.2, 0) is 0 Å². The topological polar surface area (TPSA) is 107 Å². The zero-order valence-corrected chi connectivity index (χ0v) is 10.6. The highest BCUT2D eigenvalue weighted by Gasteiger charge is 2.09. The Morgan fingerprint density at radius 3 is 2.80 bits per heavy atom. The van der Waals surface area contributed by atoms with Gasteiger partial charge in [0.2, 0.25) is 0 Å². The summed E-state index contributed by atoms with van der Waals surface area (Å²) < 4.78 is 0. The Balaban J connectivity index is 2.07. The number of carboxylic acids is 1. The van der Waals surface area contributed by atoms with Crippen LogP contribution in [0.1, 0.15) is 32.1 Å². The molecule has 2 aromatic rings. The second-order valence-electron chi connectivity index (χ2n) is 4.03. The summed E-state index contributed by atoms with van der Waals surface area (Å²) in [5.74, 6) is -1.53. The van der Waals surface area contributed by atoms with Gasteiger partial charge in [0.1, 0.15) is 0 Å². The lowest BCUT2D eigenvalue weighted by Gasteiger charge is -1.99. The van der Waals surface area contributed by atoms with Gasteiger partial charge < -0.3 is 5.11 Å². The van der Waals surface area contributed by atoms with Gasteiger partial charge in [0.15, 0.2) is 5.69 Å². The number of aromatic amines is 1. The number of carboxylic acid groups (broad SMARTS) is 1. The molecule has 0 aliphatic carbocycles. The largest absolute Gasteiger partial charge is 0.478 e. The molecule has 0 fully saturated rings. The minimum Gasteiger partial charge on any atom is -0.478 e. The molecule has 3 N–H and O–H groups in total. The molecular formula is C13H12N4O3. The SMILES string of the molecule is Cc1cc(C(=O)N/N=C\c2ccccc2C(=O)O)n[nH]1. The minimum atomic E-state index is -1.05. The maximum absolute atomic E-state index is 11.6. The fraction of sp³-hybridized carbons (Fsp3) is 0.0769. The van der Waals surface area contributed by atoms with Crippen LogP contribution >= 0.6 is 0 Å². The number of H-pyrrole nitrogens is 1. The molecule has 0 saturated carbocycles. The number of carbonyl (C=O) groups excluding carboxylic acids is 1. The van der Waals surface area contributed by atoms with Gasteiger partial charge in [-0.15, -0.1) is 0 Å². The van der Waals surface area contributed by atoms with E-state index >= 15 is 0 Å². The van der Waals surface area contributed by atoms with Crippen LogP contribution in [0, 0.1) is 6.92 Å². The molecule has 0 radical (unpaired) electrons. The fourth-order valence-electron chi connectivity index (χ4n) is 1.56. The fourth-order valence-corrected chi connectivity index (χ4v) is 1.56. The van der Waals surface area contributed by atoms with Crippen LogP contribution in [0.3, 0.4) is 0 Å². The third kappa shape index (κ3) is 3.08. The van der Waals surface area contributed by atoms with E-state index in [1.165, 1.54) is 12.3 Å². The number of rotatable bonds is 4. The molecule has 1 aromatic carbocycles.